The molecular weight excluding hydrogens is 372 g/mol. The molecule has 1 aromatic carbocycles. The number of amides is 1. The van der Waals surface area contributed by atoms with E-state index in [9.17, 15) is 13.2 Å². The fraction of sp³-hybridized carbons (Fsp3) is 0.682. The van der Waals surface area contributed by atoms with Crippen LogP contribution in [0.25, 0.3) is 0 Å². The maximum atomic E-state index is 12.8. The zero-order valence-corrected chi connectivity index (χ0v) is 17.2. The molecule has 1 aromatic rings. The lowest BCUT2D eigenvalue weighted by Crippen LogP contribution is -2.60. The highest BCUT2D eigenvalue weighted by molar-refractivity contribution is 7.89. The Morgan fingerprint density at radius 3 is 2.25 bits per heavy atom. The predicted molar refractivity (Wildman–Crippen MR) is 107 cm³/mol. The predicted octanol–water partition coefficient (Wildman–Crippen LogP) is 3.17. The SMILES string of the molecule is O=C(CC1CCN(S(=O)(=O)c2ccccc2)C1)NC12CC3CC(CC(C3)C1)C2. The van der Waals surface area contributed by atoms with Crippen molar-refractivity contribution in [1.82, 2.24) is 9.62 Å². The van der Waals surface area contributed by atoms with Crippen LogP contribution in [0.4, 0.5) is 0 Å². The van der Waals surface area contributed by atoms with Gasteiger partial charge in [0.2, 0.25) is 15.9 Å². The molecule has 0 radical (unpaired) electrons. The van der Waals surface area contributed by atoms with Crippen LogP contribution in [0, 0.1) is 23.7 Å². The largest absolute Gasteiger partial charge is 0.351 e. The summed E-state index contributed by atoms with van der Waals surface area (Å²) in [6.45, 7) is 0.956. The molecule has 1 aliphatic heterocycles. The van der Waals surface area contributed by atoms with Crippen LogP contribution in [-0.2, 0) is 14.8 Å². The van der Waals surface area contributed by atoms with Gasteiger partial charge in [-0.25, -0.2) is 8.42 Å². The van der Waals surface area contributed by atoms with Gasteiger partial charge in [-0.3, -0.25) is 4.79 Å². The van der Waals surface area contributed by atoms with Gasteiger partial charge < -0.3 is 5.32 Å². The Labute approximate surface area is 167 Å². The standard InChI is InChI=1S/C22H30N2O3S/c25-21(23-22-12-17-8-18(13-22)10-19(9-17)14-22)11-16-6-7-24(15-16)28(26,27)20-4-2-1-3-5-20/h1-5,16-19H,6-15H2,(H,23,25). The van der Waals surface area contributed by atoms with Gasteiger partial charge in [0.15, 0.2) is 0 Å². The Hall–Kier alpha value is -1.40. The van der Waals surface area contributed by atoms with Gasteiger partial charge in [0.25, 0.3) is 0 Å². The lowest BCUT2D eigenvalue weighted by molar-refractivity contribution is -0.127. The quantitative estimate of drug-likeness (QED) is 0.823. The summed E-state index contributed by atoms with van der Waals surface area (Å²) >= 11 is 0. The molecule has 1 amide bonds. The molecule has 4 saturated carbocycles. The summed E-state index contributed by atoms with van der Waals surface area (Å²) in [5, 5.41) is 3.43. The van der Waals surface area contributed by atoms with Crippen molar-refractivity contribution in [2.24, 2.45) is 23.7 Å². The lowest BCUT2D eigenvalue weighted by atomic mass is 9.53. The minimum absolute atomic E-state index is 0.0419. The van der Waals surface area contributed by atoms with E-state index in [1.165, 1.54) is 19.3 Å². The Morgan fingerprint density at radius 2 is 1.64 bits per heavy atom. The van der Waals surface area contributed by atoms with Gasteiger partial charge in [0, 0.05) is 25.0 Å². The fourth-order valence-electron chi connectivity index (χ4n) is 6.80. The average Bonchev–Trinajstić information content (AvgIpc) is 3.10. The number of carbonyl (C=O) groups is 1. The first kappa shape index (κ1) is 18.6. The molecule has 1 N–H and O–H groups in total. The summed E-state index contributed by atoms with van der Waals surface area (Å²) in [5.41, 5.74) is 0.0419. The van der Waals surface area contributed by atoms with Crippen molar-refractivity contribution in [2.75, 3.05) is 13.1 Å². The maximum absolute atomic E-state index is 12.8. The van der Waals surface area contributed by atoms with Gasteiger partial charge >= 0.3 is 0 Å². The molecule has 0 aromatic heterocycles. The van der Waals surface area contributed by atoms with Gasteiger partial charge in [0.05, 0.1) is 4.90 Å². The molecule has 152 valence electrons. The zero-order valence-electron chi connectivity index (χ0n) is 16.3. The van der Waals surface area contributed by atoms with E-state index in [4.69, 9.17) is 0 Å². The van der Waals surface area contributed by atoms with E-state index < -0.39 is 10.0 Å². The molecule has 6 rings (SSSR count). The topological polar surface area (TPSA) is 66.5 Å². The molecular formula is C22H30N2O3S. The van der Waals surface area contributed by atoms with E-state index in [1.807, 2.05) is 6.07 Å². The van der Waals surface area contributed by atoms with Gasteiger partial charge in [-0.1, -0.05) is 18.2 Å². The van der Waals surface area contributed by atoms with Gasteiger partial charge in [0.1, 0.15) is 0 Å². The van der Waals surface area contributed by atoms with E-state index in [0.717, 1.165) is 43.4 Å². The normalized spacial score (nSPS) is 37.3. The van der Waals surface area contributed by atoms with Crippen molar-refractivity contribution in [3.05, 3.63) is 30.3 Å². The summed E-state index contributed by atoms with van der Waals surface area (Å²) in [4.78, 5) is 13.2. The minimum atomic E-state index is -3.45. The monoisotopic (exact) mass is 402 g/mol. The van der Waals surface area contributed by atoms with Crippen LogP contribution in [0.1, 0.15) is 51.4 Å². The van der Waals surface area contributed by atoms with Crippen LogP contribution in [0.15, 0.2) is 35.2 Å². The van der Waals surface area contributed by atoms with Crippen LogP contribution >= 0.6 is 0 Å². The van der Waals surface area contributed by atoms with Crippen molar-refractivity contribution in [2.45, 2.75) is 61.8 Å². The lowest BCUT2D eigenvalue weighted by Gasteiger charge is -2.57. The van der Waals surface area contributed by atoms with Crippen LogP contribution in [0.5, 0.6) is 0 Å². The number of sulfonamides is 1. The maximum Gasteiger partial charge on any atom is 0.243 e. The molecule has 28 heavy (non-hydrogen) atoms. The molecule has 1 atom stereocenters. The Balaban J connectivity index is 1.19. The van der Waals surface area contributed by atoms with E-state index in [2.05, 4.69) is 5.32 Å². The summed E-state index contributed by atoms with van der Waals surface area (Å²) < 4.78 is 27.1. The van der Waals surface area contributed by atoms with E-state index in [1.54, 1.807) is 28.6 Å². The van der Waals surface area contributed by atoms with E-state index in [0.29, 0.717) is 24.4 Å². The van der Waals surface area contributed by atoms with E-state index in [-0.39, 0.29) is 17.4 Å². The number of hydrogen-bond acceptors (Lipinski definition) is 3. The van der Waals surface area contributed by atoms with Crippen LogP contribution < -0.4 is 5.32 Å². The smallest absolute Gasteiger partial charge is 0.243 e. The molecule has 4 bridgehead atoms. The number of hydrogen-bond donors (Lipinski definition) is 1. The molecule has 6 heteroatoms. The van der Waals surface area contributed by atoms with Gasteiger partial charge in [-0.15, -0.1) is 0 Å². The molecule has 4 aliphatic carbocycles. The number of rotatable bonds is 5. The first-order valence-electron chi connectivity index (χ1n) is 10.8. The summed E-state index contributed by atoms with van der Waals surface area (Å²) in [6.07, 6.45) is 8.78. The van der Waals surface area contributed by atoms with Gasteiger partial charge in [-0.2, -0.15) is 4.31 Å². The molecule has 5 aliphatic rings. The number of nitrogens with zero attached hydrogens (tertiary/aromatic N) is 1. The highest BCUT2D eigenvalue weighted by Gasteiger charge is 2.51. The fourth-order valence-corrected chi connectivity index (χ4v) is 8.35. The number of carbonyl (C=O) groups excluding carboxylic acids is 1. The average molecular weight is 403 g/mol. The highest BCUT2D eigenvalue weighted by Crippen LogP contribution is 2.55. The van der Waals surface area contributed by atoms with Crippen molar-refractivity contribution in [1.29, 1.82) is 0 Å². The second kappa shape index (κ2) is 6.84. The first-order valence-corrected chi connectivity index (χ1v) is 12.2. The summed E-state index contributed by atoms with van der Waals surface area (Å²) in [7, 11) is -3.45. The van der Waals surface area contributed by atoms with Gasteiger partial charge in [-0.05, 0) is 80.8 Å². The highest BCUT2D eigenvalue weighted by atomic mass is 32.2. The van der Waals surface area contributed by atoms with Crippen LogP contribution in [0.3, 0.4) is 0 Å². The minimum Gasteiger partial charge on any atom is -0.351 e. The Morgan fingerprint density at radius 1 is 1.04 bits per heavy atom. The number of nitrogens with one attached hydrogen (secondary N) is 1. The molecule has 1 unspecified atom stereocenters. The zero-order chi connectivity index (χ0) is 19.4. The summed E-state index contributed by atoms with van der Waals surface area (Å²) in [6, 6.07) is 8.60. The Bertz CT molecular complexity index is 817. The van der Waals surface area contributed by atoms with Crippen LogP contribution in [0.2, 0.25) is 0 Å². The molecule has 1 saturated heterocycles. The third-order valence-corrected chi connectivity index (χ3v) is 9.43. The van der Waals surface area contributed by atoms with Crippen molar-refractivity contribution < 1.29 is 13.2 Å². The molecule has 1 heterocycles. The Kier molecular flexibility index (Phi) is 4.55. The first-order chi connectivity index (χ1) is 13.4. The third kappa shape index (κ3) is 3.39. The van der Waals surface area contributed by atoms with Crippen LogP contribution in [-0.4, -0.2) is 37.3 Å². The second-order valence-electron chi connectivity index (χ2n) is 9.78. The third-order valence-electron chi connectivity index (χ3n) is 7.55. The van der Waals surface area contributed by atoms with Crippen molar-refractivity contribution in [3.63, 3.8) is 0 Å². The second-order valence-corrected chi connectivity index (χ2v) is 11.7. The molecule has 0 spiro atoms. The van der Waals surface area contributed by atoms with Crippen molar-refractivity contribution in [3.8, 4) is 0 Å². The van der Waals surface area contributed by atoms with Crippen molar-refractivity contribution >= 4 is 15.9 Å². The van der Waals surface area contributed by atoms with E-state index >= 15 is 0 Å². The summed E-state index contributed by atoms with van der Waals surface area (Å²) in [5.74, 6) is 2.68. The number of benzene rings is 1. The molecule has 5 nitrogen and oxygen atoms in total. The molecule has 5 fully saturated rings.